The van der Waals surface area contributed by atoms with E-state index in [2.05, 4.69) is 26.1 Å². The molecule has 0 fully saturated rings. The zero-order chi connectivity index (χ0) is 11.0. The van der Waals surface area contributed by atoms with Crippen LogP contribution in [0.5, 0.6) is 0 Å². The first-order chi connectivity index (χ1) is 6.64. The highest BCUT2D eigenvalue weighted by molar-refractivity contribution is 4.84. The molecule has 0 rings (SSSR count). The SMILES string of the molecule is CCC(CC)(CO)NCC(C)COC. The third kappa shape index (κ3) is 4.40. The average molecular weight is 203 g/mol. The smallest absolute Gasteiger partial charge is 0.0613 e. The zero-order valence-corrected chi connectivity index (χ0v) is 9.97. The number of methoxy groups -OCH3 is 1. The van der Waals surface area contributed by atoms with Gasteiger partial charge in [0.1, 0.15) is 0 Å². The molecule has 0 aromatic heterocycles. The van der Waals surface area contributed by atoms with Crippen molar-refractivity contribution >= 4 is 0 Å². The Morgan fingerprint density at radius 2 is 1.93 bits per heavy atom. The maximum atomic E-state index is 9.33. The van der Waals surface area contributed by atoms with E-state index in [1.54, 1.807) is 7.11 Å². The van der Waals surface area contributed by atoms with Gasteiger partial charge in [-0.25, -0.2) is 0 Å². The van der Waals surface area contributed by atoms with Crippen LogP contribution in [0.4, 0.5) is 0 Å². The van der Waals surface area contributed by atoms with Gasteiger partial charge in [-0.05, 0) is 18.8 Å². The Morgan fingerprint density at radius 1 is 1.36 bits per heavy atom. The Morgan fingerprint density at radius 3 is 2.29 bits per heavy atom. The van der Waals surface area contributed by atoms with Crippen molar-refractivity contribution < 1.29 is 9.84 Å². The number of hydrogen-bond donors (Lipinski definition) is 2. The molecule has 0 aromatic rings. The summed E-state index contributed by atoms with van der Waals surface area (Å²) in [5.41, 5.74) is -0.0952. The van der Waals surface area contributed by atoms with E-state index in [4.69, 9.17) is 4.74 Å². The van der Waals surface area contributed by atoms with Crippen LogP contribution in [0.3, 0.4) is 0 Å². The molecule has 0 aliphatic rings. The second-order valence-corrected chi connectivity index (χ2v) is 4.09. The summed E-state index contributed by atoms with van der Waals surface area (Å²) in [6, 6.07) is 0. The lowest BCUT2D eigenvalue weighted by molar-refractivity contribution is 0.124. The van der Waals surface area contributed by atoms with E-state index < -0.39 is 0 Å². The van der Waals surface area contributed by atoms with Crippen LogP contribution in [0.15, 0.2) is 0 Å². The van der Waals surface area contributed by atoms with E-state index in [0.29, 0.717) is 5.92 Å². The van der Waals surface area contributed by atoms with Crippen LogP contribution in [0, 0.1) is 5.92 Å². The van der Waals surface area contributed by atoms with E-state index in [1.807, 2.05) is 0 Å². The summed E-state index contributed by atoms with van der Waals surface area (Å²) in [6.07, 6.45) is 1.92. The van der Waals surface area contributed by atoms with Gasteiger partial charge in [-0.15, -0.1) is 0 Å². The minimum Gasteiger partial charge on any atom is -0.394 e. The van der Waals surface area contributed by atoms with Crippen LogP contribution < -0.4 is 5.32 Å². The Bertz CT molecular complexity index is 127. The minimum atomic E-state index is -0.0952. The highest BCUT2D eigenvalue weighted by Crippen LogP contribution is 2.14. The molecule has 0 amide bonds. The molecular formula is C11H25NO2. The van der Waals surface area contributed by atoms with Crippen molar-refractivity contribution in [3.05, 3.63) is 0 Å². The lowest BCUT2D eigenvalue weighted by Gasteiger charge is -2.32. The van der Waals surface area contributed by atoms with Crippen LogP contribution >= 0.6 is 0 Å². The number of hydrogen-bond acceptors (Lipinski definition) is 3. The normalized spacial score (nSPS) is 14.4. The lowest BCUT2D eigenvalue weighted by atomic mass is 9.93. The molecule has 86 valence electrons. The fourth-order valence-electron chi connectivity index (χ4n) is 1.51. The van der Waals surface area contributed by atoms with Gasteiger partial charge in [0.15, 0.2) is 0 Å². The van der Waals surface area contributed by atoms with E-state index in [1.165, 1.54) is 0 Å². The van der Waals surface area contributed by atoms with Gasteiger partial charge < -0.3 is 15.2 Å². The molecule has 3 heteroatoms. The van der Waals surface area contributed by atoms with Gasteiger partial charge in [0, 0.05) is 25.8 Å². The van der Waals surface area contributed by atoms with Gasteiger partial charge in [-0.1, -0.05) is 20.8 Å². The zero-order valence-electron chi connectivity index (χ0n) is 9.97. The number of ether oxygens (including phenoxy) is 1. The lowest BCUT2D eigenvalue weighted by Crippen LogP contribution is -2.49. The monoisotopic (exact) mass is 203 g/mol. The third-order valence-electron chi connectivity index (χ3n) is 2.93. The fraction of sp³-hybridized carbons (Fsp3) is 1.00. The Hall–Kier alpha value is -0.120. The van der Waals surface area contributed by atoms with Gasteiger partial charge >= 0.3 is 0 Å². The summed E-state index contributed by atoms with van der Waals surface area (Å²) in [4.78, 5) is 0. The van der Waals surface area contributed by atoms with Crippen molar-refractivity contribution in [2.45, 2.75) is 39.2 Å². The second-order valence-electron chi connectivity index (χ2n) is 4.09. The molecule has 1 atom stereocenters. The molecule has 0 saturated heterocycles. The largest absolute Gasteiger partial charge is 0.394 e. The Labute approximate surface area is 87.8 Å². The molecule has 1 unspecified atom stereocenters. The first-order valence-electron chi connectivity index (χ1n) is 5.49. The minimum absolute atomic E-state index is 0.0952. The molecule has 2 N–H and O–H groups in total. The molecule has 0 aliphatic heterocycles. The Kier molecular flexibility index (Phi) is 7.15. The maximum Gasteiger partial charge on any atom is 0.0613 e. The maximum absolute atomic E-state index is 9.33. The van der Waals surface area contributed by atoms with Gasteiger partial charge in [-0.3, -0.25) is 0 Å². The Balaban J connectivity index is 3.92. The van der Waals surface area contributed by atoms with Crippen molar-refractivity contribution in [2.75, 3.05) is 26.9 Å². The standard InChI is InChI=1S/C11H25NO2/c1-5-11(6-2,9-13)12-7-10(3)8-14-4/h10,12-13H,5-9H2,1-4H3. The molecule has 0 heterocycles. The molecule has 14 heavy (non-hydrogen) atoms. The summed E-state index contributed by atoms with van der Waals surface area (Å²) >= 11 is 0. The first kappa shape index (κ1) is 13.9. The van der Waals surface area contributed by atoms with Crippen molar-refractivity contribution in [1.29, 1.82) is 0 Å². The fourth-order valence-corrected chi connectivity index (χ4v) is 1.51. The van der Waals surface area contributed by atoms with Crippen molar-refractivity contribution in [3.8, 4) is 0 Å². The van der Waals surface area contributed by atoms with Gasteiger partial charge in [0.05, 0.1) is 6.61 Å². The molecule has 0 saturated carbocycles. The van der Waals surface area contributed by atoms with Crippen LogP contribution in [0.1, 0.15) is 33.6 Å². The molecule has 0 aromatic carbocycles. The molecule has 0 radical (unpaired) electrons. The molecular weight excluding hydrogens is 178 g/mol. The average Bonchev–Trinajstić information content (AvgIpc) is 2.21. The number of rotatable bonds is 8. The van der Waals surface area contributed by atoms with Crippen molar-refractivity contribution in [2.24, 2.45) is 5.92 Å². The van der Waals surface area contributed by atoms with Crippen LogP contribution in [-0.4, -0.2) is 37.5 Å². The molecule has 3 nitrogen and oxygen atoms in total. The third-order valence-corrected chi connectivity index (χ3v) is 2.93. The van der Waals surface area contributed by atoms with Gasteiger partial charge in [-0.2, -0.15) is 0 Å². The van der Waals surface area contributed by atoms with E-state index in [-0.39, 0.29) is 12.1 Å². The summed E-state index contributed by atoms with van der Waals surface area (Å²) in [5, 5.41) is 12.8. The number of nitrogens with one attached hydrogen (secondary N) is 1. The quantitative estimate of drug-likeness (QED) is 0.627. The number of aliphatic hydroxyl groups is 1. The summed E-state index contributed by atoms with van der Waals surface area (Å²) in [5.74, 6) is 0.490. The highest BCUT2D eigenvalue weighted by Gasteiger charge is 2.24. The topological polar surface area (TPSA) is 41.5 Å². The summed E-state index contributed by atoms with van der Waals surface area (Å²) in [7, 11) is 1.72. The summed E-state index contributed by atoms with van der Waals surface area (Å²) in [6.45, 7) is 8.23. The van der Waals surface area contributed by atoms with E-state index in [9.17, 15) is 5.11 Å². The molecule has 0 spiro atoms. The molecule has 0 aliphatic carbocycles. The first-order valence-corrected chi connectivity index (χ1v) is 5.49. The highest BCUT2D eigenvalue weighted by atomic mass is 16.5. The predicted octanol–water partition coefficient (Wildman–Crippen LogP) is 1.41. The van der Waals surface area contributed by atoms with Crippen LogP contribution in [-0.2, 0) is 4.74 Å². The van der Waals surface area contributed by atoms with Crippen molar-refractivity contribution in [1.82, 2.24) is 5.32 Å². The van der Waals surface area contributed by atoms with Crippen LogP contribution in [0.25, 0.3) is 0 Å². The number of aliphatic hydroxyl groups excluding tert-OH is 1. The van der Waals surface area contributed by atoms with Gasteiger partial charge in [0.25, 0.3) is 0 Å². The van der Waals surface area contributed by atoms with E-state index in [0.717, 1.165) is 26.0 Å². The predicted molar refractivity (Wildman–Crippen MR) is 59.4 cm³/mol. The van der Waals surface area contributed by atoms with Crippen LogP contribution in [0.2, 0.25) is 0 Å². The van der Waals surface area contributed by atoms with Gasteiger partial charge in [0.2, 0.25) is 0 Å². The molecule has 0 bridgehead atoms. The second kappa shape index (κ2) is 7.21. The van der Waals surface area contributed by atoms with Crippen molar-refractivity contribution in [3.63, 3.8) is 0 Å². The van der Waals surface area contributed by atoms with E-state index >= 15 is 0 Å². The summed E-state index contributed by atoms with van der Waals surface area (Å²) < 4.78 is 5.07.